The van der Waals surface area contributed by atoms with Crippen molar-refractivity contribution in [3.63, 3.8) is 0 Å². The van der Waals surface area contributed by atoms with E-state index in [1.165, 1.54) is 6.92 Å². The lowest BCUT2D eigenvalue weighted by Gasteiger charge is -2.05. The lowest BCUT2D eigenvalue weighted by atomic mass is 10.1. The minimum Gasteiger partial charge on any atom is -0.453 e. The molecular formula is C21H20N2O4. The topological polar surface area (TPSA) is 88.3 Å². The lowest BCUT2D eigenvalue weighted by Crippen LogP contribution is -2.22. The number of benzene rings is 2. The molecule has 0 saturated heterocycles. The zero-order valence-corrected chi connectivity index (χ0v) is 15.0. The summed E-state index contributed by atoms with van der Waals surface area (Å²) in [5.74, 6) is -0.905. The van der Waals surface area contributed by atoms with Crippen LogP contribution in [0.5, 0.6) is 0 Å². The van der Waals surface area contributed by atoms with Crippen molar-refractivity contribution in [1.82, 2.24) is 10.3 Å². The number of Topliss-reactive ketones (excluding diaryl/α,β-unsaturated/α-hetero) is 1. The van der Waals surface area contributed by atoms with E-state index < -0.39 is 5.97 Å². The maximum absolute atomic E-state index is 12.2. The second-order valence-corrected chi connectivity index (χ2v) is 6.20. The number of H-pyrrole nitrogens is 1. The van der Waals surface area contributed by atoms with E-state index in [0.717, 1.165) is 16.5 Å². The fraction of sp³-hybridized carbons (Fsp3) is 0.190. The van der Waals surface area contributed by atoms with Gasteiger partial charge in [-0.15, -0.1) is 0 Å². The van der Waals surface area contributed by atoms with Crippen LogP contribution < -0.4 is 5.32 Å². The van der Waals surface area contributed by atoms with E-state index in [2.05, 4.69) is 10.3 Å². The number of aromatic amines is 1. The van der Waals surface area contributed by atoms with Gasteiger partial charge in [0.05, 0.1) is 0 Å². The van der Waals surface area contributed by atoms with Crippen LogP contribution in [-0.4, -0.2) is 35.8 Å². The average Bonchev–Trinajstić information content (AvgIpc) is 3.10. The van der Waals surface area contributed by atoms with Crippen LogP contribution in [0.25, 0.3) is 10.9 Å². The highest BCUT2D eigenvalue weighted by molar-refractivity contribution is 6.00. The summed E-state index contributed by atoms with van der Waals surface area (Å²) in [7, 11) is 0. The highest BCUT2D eigenvalue weighted by atomic mass is 16.5. The molecule has 2 aromatic carbocycles. The highest BCUT2D eigenvalue weighted by Gasteiger charge is 2.14. The molecule has 0 atom stereocenters. The molecule has 6 heteroatoms. The predicted molar refractivity (Wildman–Crippen MR) is 102 cm³/mol. The van der Waals surface area contributed by atoms with Crippen LogP contribution in [0.15, 0.2) is 54.6 Å². The van der Waals surface area contributed by atoms with E-state index in [1.807, 2.05) is 36.4 Å². The zero-order chi connectivity index (χ0) is 19.2. The van der Waals surface area contributed by atoms with Gasteiger partial charge >= 0.3 is 5.97 Å². The van der Waals surface area contributed by atoms with Gasteiger partial charge in [-0.2, -0.15) is 0 Å². The number of esters is 1. The molecule has 1 amide bonds. The molecule has 0 unspecified atom stereocenters. The van der Waals surface area contributed by atoms with Crippen molar-refractivity contribution in [3.05, 3.63) is 71.4 Å². The van der Waals surface area contributed by atoms with E-state index >= 15 is 0 Å². The molecule has 3 aromatic rings. The molecule has 0 aliphatic heterocycles. The standard InChI is InChI=1S/C21H20N2O4/c1-14(24)22-11-10-15-6-8-16(9-7-15)20(25)13-27-21(26)19-12-17-4-2-3-5-18(17)23-19/h2-9,12,23H,10-11,13H2,1H3,(H,22,24). The minimum atomic E-state index is -0.563. The first-order valence-electron chi connectivity index (χ1n) is 8.64. The van der Waals surface area contributed by atoms with Gasteiger partial charge in [0.2, 0.25) is 5.91 Å². The molecule has 0 bridgehead atoms. The number of ether oxygens (including phenoxy) is 1. The second-order valence-electron chi connectivity index (χ2n) is 6.20. The number of aromatic nitrogens is 1. The van der Waals surface area contributed by atoms with Crippen molar-refractivity contribution in [3.8, 4) is 0 Å². The Bertz CT molecular complexity index is 940. The van der Waals surface area contributed by atoms with Crippen LogP contribution in [0.2, 0.25) is 0 Å². The number of hydrogen-bond donors (Lipinski definition) is 2. The first kappa shape index (κ1) is 18.4. The Morgan fingerprint density at radius 2 is 1.78 bits per heavy atom. The second kappa shape index (κ2) is 8.31. The van der Waals surface area contributed by atoms with Crippen molar-refractivity contribution in [1.29, 1.82) is 0 Å². The van der Waals surface area contributed by atoms with Crippen LogP contribution in [0.4, 0.5) is 0 Å². The van der Waals surface area contributed by atoms with Crippen molar-refractivity contribution >= 4 is 28.6 Å². The van der Waals surface area contributed by atoms with Crippen LogP contribution in [-0.2, 0) is 16.0 Å². The summed E-state index contributed by atoms with van der Waals surface area (Å²) in [4.78, 5) is 38.2. The molecule has 0 fully saturated rings. The Hall–Kier alpha value is -3.41. The summed E-state index contributed by atoms with van der Waals surface area (Å²) in [6.45, 7) is 1.70. The Balaban J connectivity index is 1.53. The number of fused-ring (bicyclic) bond motifs is 1. The first-order chi connectivity index (χ1) is 13.0. The normalized spacial score (nSPS) is 10.6. The Kier molecular flexibility index (Phi) is 5.66. The number of amides is 1. The molecule has 2 N–H and O–H groups in total. The van der Waals surface area contributed by atoms with E-state index in [1.54, 1.807) is 18.2 Å². The van der Waals surface area contributed by atoms with Gasteiger partial charge in [-0.1, -0.05) is 42.5 Å². The van der Waals surface area contributed by atoms with E-state index in [9.17, 15) is 14.4 Å². The molecule has 27 heavy (non-hydrogen) atoms. The lowest BCUT2D eigenvalue weighted by molar-refractivity contribution is -0.118. The molecule has 0 saturated carbocycles. The third-order valence-electron chi connectivity index (χ3n) is 4.15. The van der Waals surface area contributed by atoms with Gasteiger partial charge in [-0.25, -0.2) is 4.79 Å². The monoisotopic (exact) mass is 364 g/mol. The number of para-hydroxylation sites is 1. The summed E-state index contributed by atoms with van der Waals surface area (Å²) in [5, 5.41) is 3.63. The Morgan fingerprint density at radius 3 is 2.48 bits per heavy atom. The van der Waals surface area contributed by atoms with Crippen LogP contribution in [0, 0.1) is 0 Å². The Labute approximate surface area is 156 Å². The summed E-state index contributed by atoms with van der Waals surface area (Å²) < 4.78 is 5.13. The number of carbonyl (C=O) groups excluding carboxylic acids is 3. The molecule has 1 heterocycles. The fourth-order valence-electron chi connectivity index (χ4n) is 2.72. The van der Waals surface area contributed by atoms with Crippen molar-refractivity contribution in [2.45, 2.75) is 13.3 Å². The maximum Gasteiger partial charge on any atom is 0.355 e. The molecule has 0 aliphatic rings. The number of nitrogens with one attached hydrogen (secondary N) is 2. The van der Waals surface area contributed by atoms with Gasteiger partial charge in [-0.3, -0.25) is 9.59 Å². The number of rotatable bonds is 7. The van der Waals surface area contributed by atoms with E-state index in [0.29, 0.717) is 24.2 Å². The Morgan fingerprint density at radius 1 is 1.04 bits per heavy atom. The zero-order valence-electron chi connectivity index (χ0n) is 15.0. The smallest absolute Gasteiger partial charge is 0.355 e. The molecule has 0 radical (unpaired) electrons. The molecule has 0 aliphatic carbocycles. The SMILES string of the molecule is CC(=O)NCCc1ccc(C(=O)COC(=O)c2cc3ccccc3[nH]2)cc1. The summed E-state index contributed by atoms with van der Waals surface area (Å²) in [5.41, 5.74) is 2.64. The molecule has 138 valence electrons. The minimum absolute atomic E-state index is 0.0708. The average molecular weight is 364 g/mol. The first-order valence-corrected chi connectivity index (χ1v) is 8.64. The molecule has 0 spiro atoms. The number of hydrogen-bond acceptors (Lipinski definition) is 4. The van der Waals surface area contributed by atoms with Gasteiger partial charge in [0.1, 0.15) is 5.69 Å². The van der Waals surface area contributed by atoms with Gasteiger partial charge in [-0.05, 0) is 24.1 Å². The quantitative estimate of drug-likeness (QED) is 0.498. The maximum atomic E-state index is 12.2. The number of ketones is 1. The van der Waals surface area contributed by atoms with Crippen molar-refractivity contribution in [2.24, 2.45) is 0 Å². The van der Waals surface area contributed by atoms with Crippen molar-refractivity contribution < 1.29 is 19.1 Å². The number of carbonyl (C=O) groups is 3. The van der Waals surface area contributed by atoms with Gasteiger partial charge < -0.3 is 15.0 Å². The van der Waals surface area contributed by atoms with Crippen molar-refractivity contribution in [2.75, 3.05) is 13.2 Å². The fourth-order valence-corrected chi connectivity index (χ4v) is 2.72. The van der Waals surface area contributed by atoms with Gasteiger partial charge in [0.15, 0.2) is 12.4 Å². The highest BCUT2D eigenvalue weighted by Crippen LogP contribution is 2.15. The summed E-state index contributed by atoms with van der Waals surface area (Å²) in [6, 6.07) is 16.3. The summed E-state index contributed by atoms with van der Waals surface area (Å²) >= 11 is 0. The third kappa shape index (κ3) is 4.82. The molecule has 1 aromatic heterocycles. The third-order valence-corrected chi connectivity index (χ3v) is 4.15. The summed E-state index contributed by atoms with van der Waals surface area (Å²) in [6.07, 6.45) is 0.684. The molecule has 6 nitrogen and oxygen atoms in total. The van der Waals surface area contributed by atoms with Crippen LogP contribution in [0.3, 0.4) is 0 Å². The van der Waals surface area contributed by atoms with Crippen LogP contribution >= 0.6 is 0 Å². The predicted octanol–water partition coefficient (Wildman–Crippen LogP) is 2.89. The van der Waals surface area contributed by atoms with Gasteiger partial charge in [0.25, 0.3) is 0 Å². The molecular weight excluding hydrogens is 344 g/mol. The van der Waals surface area contributed by atoms with Gasteiger partial charge in [0, 0.05) is 29.9 Å². The van der Waals surface area contributed by atoms with Crippen LogP contribution in [0.1, 0.15) is 33.3 Å². The van der Waals surface area contributed by atoms with E-state index in [-0.39, 0.29) is 18.3 Å². The largest absolute Gasteiger partial charge is 0.453 e. The van der Waals surface area contributed by atoms with E-state index in [4.69, 9.17) is 4.74 Å². The molecule has 3 rings (SSSR count).